The van der Waals surface area contributed by atoms with Gasteiger partial charge >= 0.3 is 6.01 Å². The highest BCUT2D eigenvalue weighted by Crippen LogP contribution is 2.18. The first-order valence-corrected chi connectivity index (χ1v) is 6.81. The molecule has 2 aromatic rings. The second kappa shape index (κ2) is 6.00. The summed E-state index contributed by atoms with van der Waals surface area (Å²) in [6.45, 7) is 3.79. The van der Waals surface area contributed by atoms with Crippen molar-refractivity contribution in [3.63, 3.8) is 0 Å². The molecule has 0 aliphatic heterocycles. The van der Waals surface area contributed by atoms with Crippen molar-refractivity contribution in [3.8, 4) is 6.01 Å². The molecule has 0 spiro atoms. The first kappa shape index (κ1) is 13.8. The van der Waals surface area contributed by atoms with E-state index in [1.165, 1.54) is 0 Å². The van der Waals surface area contributed by atoms with Gasteiger partial charge in [0.2, 0.25) is 11.9 Å². The van der Waals surface area contributed by atoms with Crippen molar-refractivity contribution in [2.75, 3.05) is 11.1 Å². The minimum atomic E-state index is -0.0210. The van der Waals surface area contributed by atoms with Crippen LogP contribution in [0.4, 0.5) is 17.6 Å². The fraction of sp³-hybridized carbons (Fsp3) is 0.250. The quantitative estimate of drug-likeness (QED) is 0.804. The highest BCUT2D eigenvalue weighted by molar-refractivity contribution is 14.1. The molecule has 1 aromatic carbocycles. The van der Waals surface area contributed by atoms with Crippen molar-refractivity contribution < 1.29 is 4.74 Å². The van der Waals surface area contributed by atoms with Crippen LogP contribution in [-0.2, 0) is 0 Å². The highest BCUT2D eigenvalue weighted by atomic mass is 127. The van der Waals surface area contributed by atoms with E-state index < -0.39 is 0 Å². The van der Waals surface area contributed by atoms with E-state index in [1.54, 1.807) is 0 Å². The van der Waals surface area contributed by atoms with Crippen LogP contribution in [0.2, 0.25) is 0 Å². The van der Waals surface area contributed by atoms with E-state index in [-0.39, 0.29) is 18.1 Å². The number of ether oxygens (including phenoxy) is 1. The van der Waals surface area contributed by atoms with Crippen molar-refractivity contribution in [1.29, 1.82) is 0 Å². The highest BCUT2D eigenvalue weighted by Gasteiger charge is 2.07. The Labute approximate surface area is 125 Å². The molecule has 1 aromatic heterocycles. The second-order valence-electron chi connectivity index (χ2n) is 4.10. The van der Waals surface area contributed by atoms with Crippen LogP contribution in [0.3, 0.4) is 0 Å². The van der Waals surface area contributed by atoms with E-state index in [4.69, 9.17) is 10.5 Å². The van der Waals surface area contributed by atoms with Gasteiger partial charge in [-0.25, -0.2) is 0 Å². The lowest BCUT2D eigenvalue weighted by Gasteiger charge is -2.10. The Kier molecular flexibility index (Phi) is 4.35. The van der Waals surface area contributed by atoms with E-state index >= 15 is 0 Å². The molecule has 0 aliphatic rings. The maximum absolute atomic E-state index is 5.63. The normalized spacial score (nSPS) is 10.5. The van der Waals surface area contributed by atoms with Crippen LogP contribution in [0.25, 0.3) is 0 Å². The lowest BCUT2D eigenvalue weighted by atomic mass is 10.3. The second-order valence-corrected chi connectivity index (χ2v) is 5.35. The molecule has 3 N–H and O–H groups in total. The lowest BCUT2D eigenvalue weighted by Crippen LogP contribution is -2.11. The molecule has 0 unspecified atom stereocenters. The lowest BCUT2D eigenvalue weighted by molar-refractivity contribution is 0.222. The summed E-state index contributed by atoms with van der Waals surface area (Å²) in [6, 6.07) is 8.06. The van der Waals surface area contributed by atoms with E-state index in [9.17, 15) is 0 Å². The Balaban J connectivity index is 2.22. The third kappa shape index (κ3) is 4.19. The van der Waals surface area contributed by atoms with Gasteiger partial charge in [-0.05, 0) is 54.6 Å². The van der Waals surface area contributed by atoms with Gasteiger partial charge < -0.3 is 15.8 Å². The van der Waals surface area contributed by atoms with E-state index in [2.05, 4.69) is 42.9 Å². The van der Waals surface area contributed by atoms with E-state index in [1.807, 2.05) is 38.1 Å². The van der Waals surface area contributed by atoms with Crippen molar-refractivity contribution in [2.24, 2.45) is 0 Å². The summed E-state index contributed by atoms with van der Waals surface area (Å²) in [5.74, 6) is 0.490. The standard InChI is InChI=1S/C12H14IN5O/c1-7(2)19-12-17-10(14)16-11(18-12)15-9-5-3-4-8(13)6-9/h3-7H,1-2H3,(H3,14,15,16,17,18). The predicted molar refractivity (Wildman–Crippen MR) is 82.4 cm³/mol. The van der Waals surface area contributed by atoms with Crippen molar-refractivity contribution in [1.82, 2.24) is 15.0 Å². The number of nitrogens with two attached hydrogens (primary N) is 1. The topological polar surface area (TPSA) is 86.0 Å². The zero-order chi connectivity index (χ0) is 13.8. The number of hydrogen-bond acceptors (Lipinski definition) is 6. The van der Waals surface area contributed by atoms with Crippen molar-refractivity contribution >= 4 is 40.2 Å². The summed E-state index contributed by atoms with van der Waals surface area (Å²) < 4.78 is 6.53. The molecule has 0 fully saturated rings. The first-order valence-electron chi connectivity index (χ1n) is 5.74. The maximum Gasteiger partial charge on any atom is 0.323 e. The van der Waals surface area contributed by atoms with Gasteiger partial charge in [-0.3, -0.25) is 0 Å². The molecular weight excluding hydrogens is 357 g/mol. The van der Waals surface area contributed by atoms with E-state index in [0.717, 1.165) is 9.26 Å². The first-order chi connectivity index (χ1) is 9.02. The Morgan fingerprint density at radius 3 is 2.74 bits per heavy atom. The van der Waals surface area contributed by atoms with Crippen LogP contribution >= 0.6 is 22.6 Å². The Morgan fingerprint density at radius 1 is 1.26 bits per heavy atom. The van der Waals surface area contributed by atoms with Gasteiger partial charge in [0.1, 0.15) is 0 Å². The van der Waals surface area contributed by atoms with Crippen LogP contribution in [0.1, 0.15) is 13.8 Å². The number of nitrogens with one attached hydrogen (secondary N) is 1. The average Bonchev–Trinajstić information content (AvgIpc) is 2.26. The van der Waals surface area contributed by atoms with E-state index in [0.29, 0.717) is 5.95 Å². The molecule has 0 amide bonds. The zero-order valence-electron chi connectivity index (χ0n) is 10.6. The average molecular weight is 371 g/mol. The SMILES string of the molecule is CC(C)Oc1nc(N)nc(Nc2cccc(I)c2)n1. The van der Waals surface area contributed by atoms with Crippen LogP contribution in [-0.4, -0.2) is 21.1 Å². The molecule has 0 bridgehead atoms. The number of anilines is 3. The molecule has 100 valence electrons. The number of aromatic nitrogens is 3. The van der Waals surface area contributed by atoms with Crippen LogP contribution in [0, 0.1) is 3.57 Å². The summed E-state index contributed by atoms with van der Waals surface area (Å²) in [5, 5.41) is 3.07. The fourth-order valence-electron chi connectivity index (χ4n) is 1.39. The molecule has 0 aliphatic carbocycles. The number of nitrogen functional groups attached to an aromatic ring is 1. The molecule has 19 heavy (non-hydrogen) atoms. The van der Waals surface area contributed by atoms with Crippen molar-refractivity contribution in [3.05, 3.63) is 27.8 Å². The fourth-order valence-corrected chi connectivity index (χ4v) is 1.93. The maximum atomic E-state index is 5.63. The largest absolute Gasteiger partial charge is 0.461 e. The zero-order valence-corrected chi connectivity index (χ0v) is 12.7. The minimum Gasteiger partial charge on any atom is -0.461 e. The monoisotopic (exact) mass is 371 g/mol. The molecule has 0 radical (unpaired) electrons. The molecule has 0 saturated carbocycles. The van der Waals surface area contributed by atoms with Gasteiger partial charge in [-0.1, -0.05) is 6.07 Å². The number of hydrogen-bond donors (Lipinski definition) is 2. The third-order valence-corrected chi connectivity index (χ3v) is 2.73. The summed E-state index contributed by atoms with van der Waals surface area (Å²) >= 11 is 2.24. The molecule has 0 atom stereocenters. The van der Waals surface area contributed by atoms with Gasteiger partial charge in [-0.2, -0.15) is 15.0 Å². The van der Waals surface area contributed by atoms with Gasteiger partial charge in [0.25, 0.3) is 0 Å². The Bertz CT molecular complexity index is 576. The predicted octanol–water partition coefficient (Wildman–Crippen LogP) is 2.59. The smallest absolute Gasteiger partial charge is 0.323 e. The number of benzene rings is 1. The molecule has 0 saturated heterocycles. The van der Waals surface area contributed by atoms with Crippen LogP contribution < -0.4 is 15.8 Å². The van der Waals surface area contributed by atoms with Crippen LogP contribution in [0.5, 0.6) is 6.01 Å². The number of nitrogens with zero attached hydrogens (tertiary/aromatic N) is 3. The molecule has 7 heteroatoms. The molecule has 2 rings (SSSR count). The van der Waals surface area contributed by atoms with Gasteiger partial charge in [-0.15, -0.1) is 0 Å². The summed E-state index contributed by atoms with van der Waals surface area (Å²) in [4.78, 5) is 12.1. The van der Waals surface area contributed by atoms with Gasteiger partial charge in [0, 0.05) is 9.26 Å². The van der Waals surface area contributed by atoms with Gasteiger partial charge in [0.15, 0.2) is 0 Å². The van der Waals surface area contributed by atoms with Crippen LogP contribution in [0.15, 0.2) is 24.3 Å². The molecule has 1 heterocycles. The summed E-state index contributed by atoms with van der Waals surface area (Å²) in [7, 11) is 0. The molecule has 6 nitrogen and oxygen atoms in total. The van der Waals surface area contributed by atoms with Gasteiger partial charge in [0.05, 0.1) is 6.10 Å². The molecular formula is C12H14IN5O. The Hall–Kier alpha value is -1.64. The number of halogens is 1. The number of rotatable bonds is 4. The third-order valence-electron chi connectivity index (χ3n) is 2.05. The van der Waals surface area contributed by atoms with Crippen molar-refractivity contribution in [2.45, 2.75) is 20.0 Å². The summed E-state index contributed by atoms with van der Waals surface area (Å²) in [6.07, 6.45) is -0.0210. The minimum absolute atomic E-state index is 0.0210. The Morgan fingerprint density at radius 2 is 2.05 bits per heavy atom. The summed E-state index contributed by atoms with van der Waals surface area (Å²) in [5.41, 5.74) is 6.52.